The van der Waals surface area contributed by atoms with Crippen molar-refractivity contribution in [1.29, 1.82) is 0 Å². The molecule has 0 aromatic heterocycles. The smallest absolute Gasteiger partial charge is 0.135 e. The highest BCUT2D eigenvalue weighted by molar-refractivity contribution is 5.72. The maximum absolute atomic E-state index is 12.1. The van der Waals surface area contributed by atoms with E-state index in [-0.39, 0.29) is 57.8 Å². The number of phenolic OH excluding ortho intramolecular Hbond substituents is 8. The standard InChI is InChI=1S/C42H32O9/c43-23-7-1-19(2-8-23)33-36-29(16-28(48)17-31(36)49)37-34(20-3-9-24(44)10-4-20)39-30(38(33)37)18-32(50)40-35(22-13-26(46)15-27(47)14-22)41(51-42(39)40)21-5-11-25(45)12-6-21/h1-18,33-35,37-38,41,43-50H/t33-,34+,35+,37+,38+,41+/m1/s1. The molecule has 8 N–H and O–H groups in total. The third-order valence-corrected chi connectivity index (χ3v) is 10.9. The lowest BCUT2D eigenvalue weighted by molar-refractivity contribution is 0.220. The van der Waals surface area contributed by atoms with Gasteiger partial charge in [-0.25, -0.2) is 0 Å². The Labute approximate surface area is 291 Å². The van der Waals surface area contributed by atoms with Gasteiger partial charge >= 0.3 is 0 Å². The van der Waals surface area contributed by atoms with Gasteiger partial charge in [-0.2, -0.15) is 0 Å². The van der Waals surface area contributed by atoms with E-state index in [9.17, 15) is 40.9 Å². The van der Waals surface area contributed by atoms with E-state index in [1.165, 1.54) is 24.3 Å². The van der Waals surface area contributed by atoms with Gasteiger partial charge in [0.2, 0.25) is 0 Å². The van der Waals surface area contributed by atoms with Gasteiger partial charge in [0.1, 0.15) is 57.8 Å². The lowest BCUT2D eigenvalue weighted by atomic mass is 9.79. The second kappa shape index (κ2) is 11.0. The maximum Gasteiger partial charge on any atom is 0.135 e. The summed E-state index contributed by atoms with van der Waals surface area (Å²) in [6.45, 7) is 0. The molecule has 1 heterocycles. The van der Waals surface area contributed by atoms with E-state index in [1.54, 1.807) is 72.8 Å². The van der Waals surface area contributed by atoms with Gasteiger partial charge in [-0.05, 0) is 94.0 Å². The van der Waals surface area contributed by atoms with Gasteiger partial charge in [-0.15, -0.1) is 0 Å². The van der Waals surface area contributed by atoms with Crippen LogP contribution in [0.3, 0.4) is 0 Å². The molecule has 6 aromatic carbocycles. The van der Waals surface area contributed by atoms with Crippen LogP contribution in [0, 0.1) is 0 Å². The number of fused-ring (bicyclic) bond motifs is 7. The van der Waals surface area contributed by atoms with Crippen molar-refractivity contribution in [2.45, 2.75) is 35.7 Å². The Kier molecular flexibility index (Phi) is 6.60. The highest BCUT2D eigenvalue weighted by atomic mass is 16.5. The van der Waals surface area contributed by atoms with Crippen LogP contribution in [0.4, 0.5) is 0 Å². The van der Waals surface area contributed by atoms with E-state index in [0.717, 1.165) is 27.8 Å². The second-order valence-electron chi connectivity index (χ2n) is 13.7. The van der Waals surface area contributed by atoms with E-state index < -0.39 is 23.9 Å². The minimum absolute atomic E-state index is 0.0598. The zero-order valence-electron chi connectivity index (χ0n) is 26.8. The fourth-order valence-corrected chi connectivity index (χ4v) is 9.02. The van der Waals surface area contributed by atoms with Crippen molar-refractivity contribution in [2.75, 3.05) is 0 Å². The molecule has 9 heteroatoms. The highest BCUT2D eigenvalue weighted by Crippen LogP contribution is 2.71. The van der Waals surface area contributed by atoms with Crippen LogP contribution in [0.15, 0.2) is 109 Å². The van der Waals surface area contributed by atoms with Crippen molar-refractivity contribution < 1.29 is 45.6 Å². The molecule has 6 aromatic rings. The van der Waals surface area contributed by atoms with Crippen molar-refractivity contribution >= 4 is 0 Å². The Morgan fingerprint density at radius 1 is 0.353 bits per heavy atom. The highest BCUT2D eigenvalue weighted by Gasteiger charge is 2.56. The zero-order valence-corrected chi connectivity index (χ0v) is 26.8. The molecule has 0 fully saturated rings. The molecule has 2 aliphatic carbocycles. The summed E-state index contributed by atoms with van der Waals surface area (Å²) in [7, 11) is 0. The van der Waals surface area contributed by atoms with Crippen LogP contribution in [0.2, 0.25) is 0 Å². The van der Waals surface area contributed by atoms with E-state index >= 15 is 0 Å². The molecule has 3 aliphatic rings. The van der Waals surface area contributed by atoms with Crippen molar-refractivity contribution in [3.63, 3.8) is 0 Å². The Hall–Kier alpha value is -6.48. The summed E-state index contributed by atoms with van der Waals surface area (Å²) >= 11 is 0. The van der Waals surface area contributed by atoms with Gasteiger partial charge in [0.25, 0.3) is 0 Å². The molecule has 0 amide bonds. The van der Waals surface area contributed by atoms with E-state index in [2.05, 4.69) is 0 Å². The van der Waals surface area contributed by atoms with Crippen LogP contribution in [0.1, 0.15) is 85.8 Å². The molecule has 9 nitrogen and oxygen atoms in total. The average molecular weight is 681 g/mol. The first-order valence-corrected chi connectivity index (χ1v) is 16.6. The summed E-state index contributed by atoms with van der Waals surface area (Å²) < 4.78 is 6.95. The van der Waals surface area contributed by atoms with Gasteiger partial charge < -0.3 is 45.6 Å². The number of hydrogen-bond donors (Lipinski definition) is 8. The Bertz CT molecular complexity index is 2330. The molecule has 6 atom stereocenters. The van der Waals surface area contributed by atoms with Gasteiger partial charge in [0, 0.05) is 52.5 Å². The third-order valence-electron chi connectivity index (χ3n) is 10.9. The fourth-order valence-electron chi connectivity index (χ4n) is 9.02. The zero-order chi connectivity index (χ0) is 35.3. The first kappa shape index (κ1) is 30.6. The van der Waals surface area contributed by atoms with Crippen LogP contribution in [0.25, 0.3) is 0 Å². The van der Waals surface area contributed by atoms with Crippen molar-refractivity contribution in [1.82, 2.24) is 0 Å². The van der Waals surface area contributed by atoms with Gasteiger partial charge in [-0.3, -0.25) is 0 Å². The van der Waals surface area contributed by atoms with Crippen LogP contribution in [0.5, 0.6) is 51.7 Å². The van der Waals surface area contributed by atoms with Crippen LogP contribution in [-0.4, -0.2) is 40.9 Å². The summed E-state index contributed by atoms with van der Waals surface area (Å²) in [5.74, 6) is -2.21. The topological polar surface area (TPSA) is 171 Å². The van der Waals surface area contributed by atoms with Gasteiger partial charge in [0.15, 0.2) is 0 Å². The first-order valence-electron chi connectivity index (χ1n) is 16.6. The monoisotopic (exact) mass is 680 g/mol. The summed E-state index contributed by atoms with van der Waals surface area (Å²) in [5.41, 5.74) is 6.21. The van der Waals surface area contributed by atoms with Crippen molar-refractivity contribution in [3.8, 4) is 51.7 Å². The number of hydrogen-bond acceptors (Lipinski definition) is 9. The lowest BCUT2D eigenvalue weighted by Crippen LogP contribution is -2.12. The second-order valence-corrected chi connectivity index (χ2v) is 13.7. The van der Waals surface area contributed by atoms with Crippen LogP contribution in [-0.2, 0) is 0 Å². The molecule has 0 saturated heterocycles. The summed E-state index contributed by atoms with van der Waals surface area (Å²) in [5, 5.41) is 86.1. The summed E-state index contributed by atoms with van der Waals surface area (Å²) in [6, 6.07) is 29.2. The molecule has 0 bridgehead atoms. The van der Waals surface area contributed by atoms with Crippen molar-refractivity contribution in [2.24, 2.45) is 0 Å². The van der Waals surface area contributed by atoms with E-state index in [0.29, 0.717) is 28.0 Å². The molecule has 254 valence electrons. The number of phenols is 8. The minimum atomic E-state index is -0.742. The Morgan fingerprint density at radius 3 is 1.35 bits per heavy atom. The molecule has 0 unspecified atom stereocenters. The predicted octanol–water partition coefficient (Wildman–Crippen LogP) is 7.76. The molecule has 9 rings (SSSR count). The van der Waals surface area contributed by atoms with Crippen LogP contribution >= 0.6 is 0 Å². The maximum atomic E-state index is 12.1. The summed E-state index contributed by atoms with van der Waals surface area (Å²) in [6.07, 6.45) is -0.742. The predicted molar refractivity (Wildman–Crippen MR) is 186 cm³/mol. The van der Waals surface area contributed by atoms with Gasteiger partial charge in [0.05, 0.1) is 5.92 Å². The van der Waals surface area contributed by atoms with E-state index in [4.69, 9.17) is 4.74 Å². The summed E-state index contributed by atoms with van der Waals surface area (Å²) in [4.78, 5) is 0. The normalized spacial score (nSPS) is 22.5. The van der Waals surface area contributed by atoms with Crippen LogP contribution < -0.4 is 4.74 Å². The molecular weight excluding hydrogens is 648 g/mol. The van der Waals surface area contributed by atoms with E-state index in [1.807, 2.05) is 12.1 Å². The number of ether oxygens (including phenoxy) is 1. The number of aromatic hydroxyl groups is 8. The van der Waals surface area contributed by atoms with Gasteiger partial charge in [-0.1, -0.05) is 36.4 Å². The molecule has 51 heavy (non-hydrogen) atoms. The number of benzene rings is 6. The average Bonchev–Trinajstić information content (AvgIpc) is 3.75. The fraction of sp³-hybridized carbons (Fsp3) is 0.143. The SMILES string of the molecule is Oc1ccc([C@@H]2c3c(O)cc(O)cc3[C@H]3[C@H](c4ccc(O)cc4)c4c(cc(O)c5c4O[C@@H](c4ccc(O)cc4)[C@H]5c4cc(O)cc(O)c4)[C@@H]23)cc1. The van der Waals surface area contributed by atoms with Crippen molar-refractivity contribution in [3.05, 3.63) is 159 Å². The molecule has 0 saturated carbocycles. The Morgan fingerprint density at radius 2 is 0.804 bits per heavy atom. The molecule has 0 radical (unpaired) electrons. The Balaban J connectivity index is 1.34. The quantitative estimate of drug-likeness (QED) is 0.0927. The third kappa shape index (κ3) is 4.61. The molecular formula is C42H32O9. The lowest BCUT2D eigenvalue weighted by Gasteiger charge is -2.24. The molecule has 1 aliphatic heterocycles. The minimum Gasteiger partial charge on any atom is -0.508 e. The number of rotatable bonds is 4. The first-order chi connectivity index (χ1) is 24.6. The molecule has 0 spiro atoms. The largest absolute Gasteiger partial charge is 0.508 e.